The molecule has 0 fully saturated rings. The highest BCUT2D eigenvalue weighted by molar-refractivity contribution is 8.01. The molecule has 0 spiro atoms. The Morgan fingerprint density at radius 2 is 2.08 bits per heavy atom. The van der Waals surface area contributed by atoms with E-state index in [4.69, 9.17) is 4.74 Å². The van der Waals surface area contributed by atoms with E-state index in [1.165, 1.54) is 11.3 Å². The highest BCUT2D eigenvalue weighted by Crippen LogP contribution is 2.25. The fraction of sp³-hybridized carbons (Fsp3) is 0.250. The molecule has 25 heavy (non-hydrogen) atoms. The third-order valence-corrected chi connectivity index (χ3v) is 5.74. The molecular formula is C16H16N4O2S3. The summed E-state index contributed by atoms with van der Waals surface area (Å²) in [5, 5.41) is 14.2. The van der Waals surface area contributed by atoms with Crippen LogP contribution in [0.25, 0.3) is 0 Å². The van der Waals surface area contributed by atoms with Crippen molar-refractivity contribution in [3.05, 3.63) is 45.9 Å². The van der Waals surface area contributed by atoms with Crippen molar-refractivity contribution in [2.45, 2.75) is 24.8 Å². The number of rotatable bonds is 7. The third kappa shape index (κ3) is 5.00. The zero-order chi connectivity index (χ0) is 17.6. The molecule has 1 aromatic carbocycles. The lowest BCUT2D eigenvalue weighted by Crippen LogP contribution is -2.11. The molecule has 1 amide bonds. The van der Waals surface area contributed by atoms with E-state index < -0.39 is 0 Å². The molecule has 1 N–H and O–H groups in total. The first-order chi connectivity index (χ1) is 12.1. The lowest BCUT2D eigenvalue weighted by atomic mass is 10.2. The van der Waals surface area contributed by atoms with Crippen LogP contribution in [0, 0.1) is 6.92 Å². The van der Waals surface area contributed by atoms with E-state index in [0.29, 0.717) is 23.1 Å². The molecular weight excluding hydrogens is 376 g/mol. The molecule has 0 aliphatic heterocycles. The SMILES string of the molecule is CCSc1nnc(NC(=O)c2ccc(OCc3csc(C)n3)cc2)s1. The highest BCUT2D eigenvalue weighted by atomic mass is 32.2. The first-order valence-electron chi connectivity index (χ1n) is 7.55. The molecule has 0 unspecified atom stereocenters. The van der Waals surface area contributed by atoms with Gasteiger partial charge in [-0.3, -0.25) is 10.1 Å². The van der Waals surface area contributed by atoms with Crippen molar-refractivity contribution in [1.29, 1.82) is 0 Å². The Balaban J connectivity index is 1.56. The van der Waals surface area contributed by atoms with Crippen LogP contribution in [-0.4, -0.2) is 26.8 Å². The number of benzene rings is 1. The van der Waals surface area contributed by atoms with E-state index in [9.17, 15) is 4.79 Å². The Morgan fingerprint density at radius 1 is 1.28 bits per heavy atom. The van der Waals surface area contributed by atoms with E-state index in [2.05, 4.69) is 20.5 Å². The predicted molar refractivity (Wildman–Crippen MR) is 102 cm³/mol. The smallest absolute Gasteiger partial charge is 0.257 e. The molecule has 0 aliphatic rings. The van der Waals surface area contributed by atoms with Crippen molar-refractivity contribution in [2.75, 3.05) is 11.1 Å². The van der Waals surface area contributed by atoms with Gasteiger partial charge in [-0.15, -0.1) is 21.5 Å². The molecule has 9 heteroatoms. The van der Waals surface area contributed by atoms with Gasteiger partial charge in [0.2, 0.25) is 5.13 Å². The third-order valence-electron chi connectivity index (χ3n) is 3.06. The summed E-state index contributed by atoms with van der Waals surface area (Å²) in [6.07, 6.45) is 0. The standard InChI is InChI=1S/C16H16N4O2S3/c1-3-23-16-20-19-15(25-16)18-14(21)11-4-6-13(7-5-11)22-8-12-9-24-10(2)17-12/h4-7,9H,3,8H2,1-2H3,(H,18,19,21). The molecule has 3 aromatic rings. The molecule has 2 aromatic heterocycles. The minimum absolute atomic E-state index is 0.217. The van der Waals surface area contributed by atoms with Crippen molar-refractivity contribution in [3.63, 3.8) is 0 Å². The lowest BCUT2D eigenvalue weighted by Gasteiger charge is -2.05. The van der Waals surface area contributed by atoms with Gasteiger partial charge in [0, 0.05) is 10.9 Å². The number of ether oxygens (including phenoxy) is 1. The zero-order valence-corrected chi connectivity index (χ0v) is 16.1. The highest BCUT2D eigenvalue weighted by Gasteiger charge is 2.10. The van der Waals surface area contributed by atoms with Crippen LogP contribution >= 0.6 is 34.4 Å². The molecule has 6 nitrogen and oxygen atoms in total. The number of hydrogen-bond acceptors (Lipinski definition) is 8. The Labute approximate surface area is 157 Å². The monoisotopic (exact) mass is 392 g/mol. The molecule has 0 saturated heterocycles. The first kappa shape index (κ1) is 17.8. The second-order valence-electron chi connectivity index (χ2n) is 4.93. The van der Waals surface area contributed by atoms with Crippen molar-refractivity contribution in [2.24, 2.45) is 0 Å². The Kier molecular flexibility index (Phi) is 6.00. The van der Waals surface area contributed by atoms with Gasteiger partial charge in [0.1, 0.15) is 12.4 Å². The Hall–Kier alpha value is -1.97. The fourth-order valence-electron chi connectivity index (χ4n) is 1.95. The normalized spacial score (nSPS) is 10.6. The minimum Gasteiger partial charge on any atom is -0.487 e. The molecule has 0 radical (unpaired) electrons. The van der Waals surface area contributed by atoms with Crippen LogP contribution in [0.4, 0.5) is 5.13 Å². The number of carbonyl (C=O) groups is 1. The second-order valence-corrected chi connectivity index (χ2v) is 8.48. The van der Waals surface area contributed by atoms with Gasteiger partial charge in [0.25, 0.3) is 5.91 Å². The Morgan fingerprint density at radius 3 is 2.76 bits per heavy atom. The van der Waals surface area contributed by atoms with Gasteiger partial charge in [-0.1, -0.05) is 30.0 Å². The fourth-order valence-corrected chi connectivity index (χ4v) is 4.19. The molecule has 2 heterocycles. The largest absolute Gasteiger partial charge is 0.487 e. The number of thiazole rings is 1. The van der Waals surface area contributed by atoms with E-state index in [1.54, 1.807) is 47.4 Å². The number of anilines is 1. The summed E-state index contributed by atoms with van der Waals surface area (Å²) in [5.41, 5.74) is 1.44. The number of hydrogen-bond donors (Lipinski definition) is 1. The topological polar surface area (TPSA) is 77.0 Å². The predicted octanol–water partition coefficient (Wildman–Crippen LogP) is 4.25. The van der Waals surface area contributed by atoms with E-state index >= 15 is 0 Å². The van der Waals surface area contributed by atoms with Crippen molar-refractivity contribution >= 4 is 45.5 Å². The number of aromatic nitrogens is 3. The maximum Gasteiger partial charge on any atom is 0.257 e. The molecule has 0 bridgehead atoms. The van der Waals surface area contributed by atoms with Crippen LogP contribution in [-0.2, 0) is 6.61 Å². The van der Waals surface area contributed by atoms with Crippen LogP contribution in [0.1, 0.15) is 28.0 Å². The van der Waals surface area contributed by atoms with Gasteiger partial charge in [0.15, 0.2) is 4.34 Å². The van der Waals surface area contributed by atoms with Gasteiger partial charge in [-0.2, -0.15) is 0 Å². The summed E-state index contributed by atoms with van der Waals surface area (Å²) < 4.78 is 6.52. The average Bonchev–Trinajstić information content (AvgIpc) is 3.23. The lowest BCUT2D eigenvalue weighted by molar-refractivity contribution is 0.102. The number of nitrogens with zero attached hydrogens (tertiary/aromatic N) is 3. The van der Waals surface area contributed by atoms with Gasteiger partial charge in [-0.25, -0.2) is 4.98 Å². The van der Waals surface area contributed by atoms with E-state index in [-0.39, 0.29) is 5.91 Å². The van der Waals surface area contributed by atoms with E-state index in [1.807, 2.05) is 19.2 Å². The van der Waals surface area contributed by atoms with Crippen LogP contribution < -0.4 is 10.1 Å². The minimum atomic E-state index is -0.217. The quantitative estimate of drug-likeness (QED) is 0.478. The van der Waals surface area contributed by atoms with Crippen LogP contribution in [0.2, 0.25) is 0 Å². The average molecular weight is 393 g/mol. The number of aryl methyl sites for hydroxylation is 1. The summed E-state index contributed by atoms with van der Waals surface area (Å²) in [6, 6.07) is 6.98. The summed E-state index contributed by atoms with van der Waals surface area (Å²) in [7, 11) is 0. The molecule has 0 aliphatic carbocycles. The van der Waals surface area contributed by atoms with Gasteiger partial charge in [-0.05, 0) is 36.9 Å². The van der Waals surface area contributed by atoms with Gasteiger partial charge < -0.3 is 4.74 Å². The molecule has 130 valence electrons. The maximum atomic E-state index is 12.2. The number of nitrogens with one attached hydrogen (secondary N) is 1. The molecule has 0 atom stereocenters. The number of carbonyl (C=O) groups excluding carboxylic acids is 1. The maximum absolute atomic E-state index is 12.2. The van der Waals surface area contributed by atoms with Crippen molar-refractivity contribution < 1.29 is 9.53 Å². The molecule has 0 saturated carbocycles. The first-order valence-corrected chi connectivity index (χ1v) is 10.2. The summed E-state index contributed by atoms with van der Waals surface area (Å²) >= 11 is 4.56. The van der Waals surface area contributed by atoms with Crippen LogP contribution in [0.3, 0.4) is 0 Å². The van der Waals surface area contributed by atoms with Gasteiger partial charge in [0.05, 0.1) is 10.7 Å². The van der Waals surface area contributed by atoms with E-state index in [0.717, 1.165) is 20.8 Å². The Bertz CT molecular complexity index is 845. The zero-order valence-electron chi connectivity index (χ0n) is 13.7. The second kappa shape index (κ2) is 8.41. The number of thioether (sulfide) groups is 1. The van der Waals surface area contributed by atoms with Crippen molar-refractivity contribution in [1.82, 2.24) is 15.2 Å². The van der Waals surface area contributed by atoms with Crippen molar-refractivity contribution in [3.8, 4) is 5.75 Å². The summed E-state index contributed by atoms with van der Waals surface area (Å²) in [6.45, 7) is 4.42. The van der Waals surface area contributed by atoms with Gasteiger partial charge >= 0.3 is 0 Å². The summed E-state index contributed by atoms with van der Waals surface area (Å²) in [5.74, 6) is 1.40. The summed E-state index contributed by atoms with van der Waals surface area (Å²) in [4.78, 5) is 16.6. The molecule has 3 rings (SSSR count). The van der Waals surface area contributed by atoms with Crippen LogP contribution in [0.15, 0.2) is 34.0 Å². The van der Waals surface area contributed by atoms with Crippen LogP contribution in [0.5, 0.6) is 5.75 Å². The number of amides is 1.